The van der Waals surface area contributed by atoms with Crippen LogP contribution in [0.3, 0.4) is 0 Å². The second-order valence-corrected chi connectivity index (χ2v) is 5.65. The lowest BCUT2D eigenvalue weighted by Crippen LogP contribution is -2.29. The van der Waals surface area contributed by atoms with Crippen molar-refractivity contribution in [1.29, 1.82) is 0 Å². The number of aryl methyl sites for hydroxylation is 1. The van der Waals surface area contributed by atoms with Crippen molar-refractivity contribution in [3.63, 3.8) is 0 Å². The van der Waals surface area contributed by atoms with Gasteiger partial charge >= 0.3 is 0 Å². The fourth-order valence-corrected chi connectivity index (χ4v) is 3.11. The van der Waals surface area contributed by atoms with Crippen LogP contribution >= 0.6 is 0 Å². The quantitative estimate of drug-likeness (QED) is 0.836. The lowest BCUT2D eigenvalue weighted by Gasteiger charge is -2.21. The van der Waals surface area contributed by atoms with Crippen LogP contribution < -0.4 is 5.32 Å². The summed E-state index contributed by atoms with van der Waals surface area (Å²) >= 11 is 0. The van der Waals surface area contributed by atoms with Gasteiger partial charge in [0.15, 0.2) is 0 Å². The molecular formula is C16H24FN. The average Bonchev–Trinajstić information content (AvgIpc) is 2.84. The first-order valence-corrected chi connectivity index (χ1v) is 7.11. The summed E-state index contributed by atoms with van der Waals surface area (Å²) in [7, 11) is 2.04. The van der Waals surface area contributed by atoms with Crippen molar-refractivity contribution < 1.29 is 4.39 Å². The van der Waals surface area contributed by atoms with E-state index in [1.165, 1.54) is 37.7 Å². The number of hydrogen-bond donors (Lipinski definition) is 1. The number of likely N-dealkylation sites (N-methyl/N-ethyl adjacent to an activating group) is 1. The summed E-state index contributed by atoms with van der Waals surface area (Å²) in [5, 5.41) is 3.43. The van der Waals surface area contributed by atoms with Crippen LogP contribution in [0.2, 0.25) is 0 Å². The molecule has 1 unspecified atom stereocenters. The van der Waals surface area contributed by atoms with E-state index >= 15 is 0 Å². The van der Waals surface area contributed by atoms with E-state index in [4.69, 9.17) is 0 Å². The molecule has 0 heterocycles. The van der Waals surface area contributed by atoms with Gasteiger partial charge in [0, 0.05) is 6.04 Å². The molecule has 0 saturated heterocycles. The smallest absolute Gasteiger partial charge is 0.123 e. The maximum absolute atomic E-state index is 13.1. The van der Waals surface area contributed by atoms with Crippen LogP contribution in [0.25, 0.3) is 0 Å². The van der Waals surface area contributed by atoms with Crippen molar-refractivity contribution in [1.82, 2.24) is 5.32 Å². The van der Waals surface area contributed by atoms with Crippen molar-refractivity contribution in [3.8, 4) is 0 Å². The molecule has 0 amide bonds. The minimum absolute atomic E-state index is 0.131. The molecule has 18 heavy (non-hydrogen) atoms. The molecule has 1 N–H and O–H groups in total. The first-order valence-electron chi connectivity index (χ1n) is 7.11. The standard InChI is InChI=1S/C16H24FN/c1-12-9-15(17)8-7-14(12)11-16(18-2)10-13-5-3-4-6-13/h7-9,13,16,18H,3-6,10-11H2,1-2H3. The van der Waals surface area contributed by atoms with Gasteiger partial charge in [-0.05, 0) is 56.0 Å². The minimum Gasteiger partial charge on any atom is -0.317 e. The predicted molar refractivity (Wildman–Crippen MR) is 74.3 cm³/mol. The molecule has 0 radical (unpaired) electrons. The van der Waals surface area contributed by atoms with Crippen LogP contribution in [-0.4, -0.2) is 13.1 Å². The Morgan fingerprint density at radius 2 is 2.06 bits per heavy atom. The van der Waals surface area contributed by atoms with Gasteiger partial charge in [-0.15, -0.1) is 0 Å². The van der Waals surface area contributed by atoms with Crippen LogP contribution in [0.5, 0.6) is 0 Å². The third-order valence-electron chi connectivity index (χ3n) is 4.27. The Labute approximate surface area is 110 Å². The molecule has 0 aliphatic heterocycles. The van der Waals surface area contributed by atoms with Crippen LogP contribution in [-0.2, 0) is 6.42 Å². The molecule has 0 bridgehead atoms. The summed E-state index contributed by atoms with van der Waals surface area (Å²) < 4.78 is 13.1. The molecule has 1 aromatic rings. The zero-order chi connectivity index (χ0) is 13.0. The summed E-state index contributed by atoms with van der Waals surface area (Å²) in [4.78, 5) is 0. The molecule has 100 valence electrons. The lowest BCUT2D eigenvalue weighted by molar-refractivity contribution is 0.402. The highest BCUT2D eigenvalue weighted by molar-refractivity contribution is 5.27. The van der Waals surface area contributed by atoms with Gasteiger partial charge in [0.1, 0.15) is 5.82 Å². The lowest BCUT2D eigenvalue weighted by atomic mass is 9.92. The fourth-order valence-electron chi connectivity index (χ4n) is 3.11. The minimum atomic E-state index is -0.131. The highest BCUT2D eigenvalue weighted by Crippen LogP contribution is 2.29. The molecule has 1 nitrogen and oxygen atoms in total. The summed E-state index contributed by atoms with van der Waals surface area (Å²) in [6.07, 6.45) is 7.85. The van der Waals surface area contributed by atoms with Crippen molar-refractivity contribution in [2.45, 2.75) is 51.5 Å². The number of halogens is 1. The van der Waals surface area contributed by atoms with Crippen LogP contribution in [0, 0.1) is 18.7 Å². The van der Waals surface area contributed by atoms with Gasteiger partial charge in [-0.25, -0.2) is 4.39 Å². The highest BCUT2D eigenvalue weighted by atomic mass is 19.1. The molecule has 0 aromatic heterocycles. The van der Waals surface area contributed by atoms with Crippen LogP contribution in [0.15, 0.2) is 18.2 Å². The Kier molecular flexibility index (Phi) is 4.76. The Hall–Kier alpha value is -0.890. The van der Waals surface area contributed by atoms with Gasteiger partial charge in [-0.1, -0.05) is 31.7 Å². The maximum Gasteiger partial charge on any atom is 0.123 e. The first kappa shape index (κ1) is 13.5. The third kappa shape index (κ3) is 3.55. The first-order chi connectivity index (χ1) is 8.69. The normalized spacial score (nSPS) is 18.2. The van der Waals surface area contributed by atoms with Crippen molar-refractivity contribution in [3.05, 3.63) is 35.1 Å². The molecule has 1 aromatic carbocycles. The number of nitrogens with one attached hydrogen (secondary N) is 1. The fraction of sp³-hybridized carbons (Fsp3) is 0.625. The van der Waals surface area contributed by atoms with Crippen LogP contribution in [0.4, 0.5) is 4.39 Å². The van der Waals surface area contributed by atoms with Crippen molar-refractivity contribution in [2.75, 3.05) is 7.05 Å². The van der Waals surface area contributed by atoms with Gasteiger partial charge < -0.3 is 5.32 Å². The Morgan fingerprint density at radius 1 is 1.33 bits per heavy atom. The topological polar surface area (TPSA) is 12.0 Å². The van der Waals surface area contributed by atoms with E-state index in [0.717, 1.165) is 17.9 Å². The van der Waals surface area contributed by atoms with E-state index < -0.39 is 0 Å². The van der Waals surface area contributed by atoms with Gasteiger partial charge in [-0.2, -0.15) is 0 Å². The van der Waals surface area contributed by atoms with Gasteiger partial charge in [0.25, 0.3) is 0 Å². The number of rotatable bonds is 5. The molecule has 1 aliphatic carbocycles. The van der Waals surface area contributed by atoms with Crippen LogP contribution in [0.1, 0.15) is 43.2 Å². The van der Waals surface area contributed by atoms with Crippen molar-refractivity contribution >= 4 is 0 Å². The highest BCUT2D eigenvalue weighted by Gasteiger charge is 2.19. The molecular weight excluding hydrogens is 225 g/mol. The summed E-state index contributed by atoms with van der Waals surface area (Å²) in [6.45, 7) is 2.00. The van der Waals surface area contributed by atoms with E-state index in [-0.39, 0.29) is 5.82 Å². The van der Waals surface area contributed by atoms with Gasteiger partial charge in [0.2, 0.25) is 0 Å². The van der Waals surface area contributed by atoms with Gasteiger partial charge in [0.05, 0.1) is 0 Å². The summed E-state index contributed by atoms with van der Waals surface area (Å²) in [5.41, 5.74) is 2.34. The Morgan fingerprint density at radius 3 is 2.67 bits per heavy atom. The average molecular weight is 249 g/mol. The van der Waals surface area contributed by atoms with Crippen molar-refractivity contribution in [2.24, 2.45) is 5.92 Å². The predicted octanol–water partition coefficient (Wildman–Crippen LogP) is 3.84. The Balaban J connectivity index is 1.96. The number of hydrogen-bond acceptors (Lipinski definition) is 1. The van der Waals surface area contributed by atoms with Gasteiger partial charge in [-0.3, -0.25) is 0 Å². The SMILES string of the molecule is CNC(Cc1ccc(F)cc1C)CC1CCCC1. The van der Waals surface area contributed by atoms with E-state index in [9.17, 15) is 4.39 Å². The van der Waals surface area contributed by atoms with E-state index in [1.54, 1.807) is 12.1 Å². The Bertz CT molecular complexity index is 383. The second kappa shape index (κ2) is 6.33. The number of benzene rings is 1. The second-order valence-electron chi connectivity index (χ2n) is 5.65. The molecule has 0 spiro atoms. The third-order valence-corrected chi connectivity index (χ3v) is 4.27. The zero-order valence-electron chi connectivity index (χ0n) is 11.5. The molecule has 2 heteroatoms. The van der Waals surface area contributed by atoms with E-state index in [2.05, 4.69) is 5.32 Å². The zero-order valence-corrected chi connectivity index (χ0v) is 11.5. The largest absolute Gasteiger partial charge is 0.317 e. The maximum atomic E-state index is 13.1. The van der Waals surface area contributed by atoms with E-state index in [0.29, 0.717) is 6.04 Å². The molecule has 1 saturated carbocycles. The monoisotopic (exact) mass is 249 g/mol. The molecule has 2 rings (SSSR count). The summed E-state index contributed by atoms with van der Waals surface area (Å²) in [6, 6.07) is 5.67. The molecule has 1 atom stereocenters. The molecule has 1 fully saturated rings. The van der Waals surface area contributed by atoms with E-state index in [1.807, 2.05) is 20.0 Å². The molecule has 1 aliphatic rings. The summed E-state index contributed by atoms with van der Waals surface area (Å²) in [5.74, 6) is 0.760.